The van der Waals surface area contributed by atoms with Crippen molar-refractivity contribution >= 4 is 40.3 Å². The Balaban J connectivity index is 1.64. The van der Waals surface area contributed by atoms with Crippen molar-refractivity contribution in [3.63, 3.8) is 0 Å². The first-order valence-electron chi connectivity index (χ1n) is 8.21. The Morgan fingerprint density at radius 1 is 1.25 bits per heavy atom. The van der Waals surface area contributed by atoms with E-state index in [2.05, 4.69) is 10.0 Å². The van der Waals surface area contributed by atoms with Crippen molar-refractivity contribution in [1.82, 2.24) is 0 Å². The summed E-state index contributed by atoms with van der Waals surface area (Å²) in [4.78, 5) is 11.1. The van der Waals surface area contributed by atoms with E-state index in [1.807, 2.05) is 23.6 Å². The minimum absolute atomic E-state index is 0.127. The van der Waals surface area contributed by atoms with Crippen LogP contribution in [0.1, 0.15) is 32.1 Å². The number of benzene rings is 1. The number of hydrogen-bond acceptors (Lipinski definition) is 6. The Labute approximate surface area is 150 Å². The smallest absolute Gasteiger partial charge is 0.294 e. The third-order valence-electron chi connectivity index (χ3n) is 4.26. The molecule has 1 aliphatic carbocycles. The number of nitrogens with zero attached hydrogens (tertiary/aromatic N) is 1. The first-order chi connectivity index (χ1) is 11.7. The fraction of sp³-hybridized carbons (Fsp3) is 0.412. The molecule has 128 valence electrons. The van der Waals surface area contributed by atoms with Gasteiger partial charge in [-0.3, -0.25) is 10.1 Å². The molecule has 0 amide bonds. The van der Waals surface area contributed by atoms with E-state index in [9.17, 15) is 10.1 Å². The summed E-state index contributed by atoms with van der Waals surface area (Å²) in [7, 11) is 0. The van der Waals surface area contributed by atoms with E-state index in [1.165, 1.54) is 44.1 Å². The number of nitro benzene ring substituents is 1. The lowest BCUT2D eigenvalue weighted by atomic mass is 9.89. The van der Waals surface area contributed by atoms with Crippen molar-refractivity contribution < 1.29 is 4.92 Å². The summed E-state index contributed by atoms with van der Waals surface area (Å²) in [6, 6.07) is 9.28. The Hall–Kier alpha value is -1.73. The Bertz CT molecular complexity index is 670. The van der Waals surface area contributed by atoms with Gasteiger partial charge in [0.1, 0.15) is 5.69 Å². The van der Waals surface area contributed by atoms with Crippen LogP contribution in [0.25, 0.3) is 0 Å². The fourth-order valence-electron chi connectivity index (χ4n) is 2.97. The second-order valence-corrected chi connectivity index (χ2v) is 8.06. The lowest BCUT2D eigenvalue weighted by molar-refractivity contribution is -0.383. The number of hydrogen-bond donors (Lipinski definition) is 2. The van der Waals surface area contributed by atoms with Crippen LogP contribution in [0, 0.1) is 16.0 Å². The van der Waals surface area contributed by atoms with E-state index in [1.54, 1.807) is 23.5 Å². The molecule has 0 unspecified atom stereocenters. The summed E-state index contributed by atoms with van der Waals surface area (Å²) in [5.74, 6) is 0.630. The lowest BCUT2D eigenvalue weighted by Crippen LogP contribution is -2.17. The van der Waals surface area contributed by atoms with Crippen LogP contribution in [0.4, 0.5) is 17.1 Å². The SMILES string of the molecule is O=[N+]([O-])c1cc(NSc2cccs2)ccc1NCC1CCCCC1. The third-order valence-corrected chi connectivity index (χ3v) is 6.14. The molecule has 1 aliphatic rings. The zero-order valence-corrected chi connectivity index (χ0v) is 15.0. The number of nitrogens with one attached hydrogen (secondary N) is 2. The highest BCUT2D eigenvalue weighted by atomic mass is 32.2. The van der Waals surface area contributed by atoms with Gasteiger partial charge in [-0.15, -0.1) is 11.3 Å². The van der Waals surface area contributed by atoms with E-state index < -0.39 is 0 Å². The molecule has 1 aromatic carbocycles. The van der Waals surface area contributed by atoms with Crippen LogP contribution in [0.2, 0.25) is 0 Å². The third kappa shape index (κ3) is 4.64. The maximum absolute atomic E-state index is 11.4. The van der Waals surface area contributed by atoms with Crippen molar-refractivity contribution in [2.24, 2.45) is 5.92 Å². The largest absolute Gasteiger partial charge is 0.379 e. The van der Waals surface area contributed by atoms with E-state index in [0.717, 1.165) is 16.4 Å². The molecule has 1 saturated carbocycles. The summed E-state index contributed by atoms with van der Waals surface area (Å²) in [5.41, 5.74) is 1.48. The van der Waals surface area contributed by atoms with Gasteiger partial charge in [0.15, 0.2) is 0 Å². The monoisotopic (exact) mass is 363 g/mol. The Morgan fingerprint density at radius 2 is 2.08 bits per heavy atom. The zero-order valence-electron chi connectivity index (χ0n) is 13.4. The average Bonchev–Trinajstić information content (AvgIpc) is 3.13. The van der Waals surface area contributed by atoms with Crippen LogP contribution in [0.3, 0.4) is 0 Å². The molecule has 3 rings (SSSR count). The van der Waals surface area contributed by atoms with Crippen LogP contribution in [-0.2, 0) is 0 Å². The molecule has 0 radical (unpaired) electrons. The van der Waals surface area contributed by atoms with Crippen molar-refractivity contribution in [1.29, 1.82) is 0 Å². The van der Waals surface area contributed by atoms with Gasteiger partial charge >= 0.3 is 0 Å². The quantitative estimate of drug-likeness (QED) is 0.371. The summed E-state index contributed by atoms with van der Waals surface area (Å²) < 4.78 is 4.29. The van der Waals surface area contributed by atoms with Crippen molar-refractivity contribution in [3.8, 4) is 0 Å². The fourth-order valence-corrected chi connectivity index (χ4v) is 4.40. The van der Waals surface area contributed by atoms with Gasteiger partial charge in [-0.05, 0) is 54.3 Å². The first kappa shape index (κ1) is 17.1. The summed E-state index contributed by atoms with van der Waals surface area (Å²) in [6.45, 7) is 0.817. The molecule has 2 aromatic rings. The van der Waals surface area contributed by atoms with Crippen LogP contribution in [-0.4, -0.2) is 11.5 Å². The van der Waals surface area contributed by atoms with Crippen molar-refractivity contribution in [2.45, 2.75) is 36.3 Å². The average molecular weight is 364 g/mol. The second kappa shape index (κ2) is 8.39. The highest BCUT2D eigenvalue weighted by Crippen LogP contribution is 2.32. The van der Waals surface area contributed by atoms with Gasteiger partial charge < -0.3 is 10.0 Å². The Kier molecular flexibility index (Phi) is 5.98. The molecule has 1 fully saturated rings. The highest BCUT2D eigenvalue weighted by molar-refractivity contribution is 8.02. The summed E-state index contributed by atoms with van der Waals surface area (Å²) in [6.07, 6.45) is 6.31. The van der Waals surface area contributed by atoms with Gasteiger partial charge in [0, 0.05) is 12.6 Å². The minimum Gasteiger partial charge on any atom is -0.379 e. The van der Waals surface area contributed by atoms with Gasteiger partial charge in [0.25, 0.3) is 5.69 Å². The summed E-state index contributed by atoms with van der Waals surface area (Å²) in [5, 5.41) is 16.7. The molecule has 1 heterocycles. The lowest BCUT2D eigenvalue weighted by Gasteiger charge is -2.22. The number of nitro groups is 1. The van der Waals surface area contributed by atoms with Crippen LogP contribution < -0.4 is 10.0 Å². The van der Waals surface area contributed by atoms with E-state index in [0.29, 0.717) is 11.6 Å². The molecular formula is C17H21N3O2S2. The molecule has 0 bridgehead atoms. The second-order valence-electron chi connectivity index (χ2n) is 6.01. The van der Waals surface area contributed by atoms with E-state index in [4.69, 9.17) is 0 Å². The predicted molar refractivity (Wildman–Crippen MR) is 102 cm³/mol. The zero-order chi connectivity index (χ0) is 16.8. The number of rotatable bonds is 7. The Morgan fingerprint density at radius 3 is 2.79 bits per heavy atom. The minimum atomic E-state index is -0.315. The standard InChI is InChI=1S/C17H21N3O2S2/c21-20(22)16-11-14(19-24-17-7-4-10-23-17)8-9-15(16)18-12-13-5-2-1-3-6-13/h4,7-11,13,18-19H,1-3,5-6,12H2. The van der Waals surface area contributed by atoms with Gasteiger partial charge in [-0.1, -0.05) is 25.3 Å². The topological polar surface area (TPSA) is 67.2 Å². The molecule has 1 aromatic heterocycles. The molecule has 5 nitrogen and oxygen atoms in total. The molecular weight excluding hydrogens is 342 g/mol. The maximum Gasteiger partial charge on any atom is 0.294 e. The van der Waals surface area contributed by atoms with Gasteiger partial charge in [-0.2, -0.15) is 0 Å². The molecule has 2 N–H and O–H groups in total. The van der Waals surface area contributed by atoms with Crippen LogP contribution >= 0.6 is 23.3 Å². The van der Waals surface area contributed by atoms with Gasteiger partial charge in [0.05, 0.1) is 14.8 Å². The van der Waals surface area contributed by atoms with Crippen LogP contribution in [0.5, 0.6) is 0 Å². The van der Waals surface area contributed by atoms with E-state index >= 15 is 0 Å². The van der Waals surface area contributed by atoms with E-state index in [-0.39, 0.29) is 10.6 Å². The molecule has 0 saturated heterocycles. The van der Waals surface area contributed by atoms with Crippen LogP contribution in [0.15, 0.2) is 39.9 Å². The molecule has 0 spiro atoms. The molecule has 24 heavy (non-hydrogen) atoms. The number of thiophene rings is 1. The molecule has 0 atom stereocenters. The molecule has 0 aliphatic heterocycles. The molecule has 7 heteroatoms. The first-order valence-corrected chi connectivity index (χ1v) is 9.90. The maximum atomic E-state index is 11.4. The van der Waals surface area contributed by atoms with Gasteiger partial charge in [0.2, 0.25) is 0 Å². The highest BCUT2D eigenvalue weighted by Gasteiger charge is 2.18. The normalized spacial score (nSPS) is 15.2. The summed E-state index contributed by atoms with van der Waals surface area (Å²) >= 11 is 3.10. The number of anilines is 2. The predicted octanol–water partition coefficient (Wildman–Crippen LogP) is 5.77. The van der Waals surface area contributed by atoms with Crippen molar-refractivity contribution in [3.05, 3.63) is 45.8 Å². The van der Waals surface area contributed by atoms with Crippen molar-refractivity contribution in [2.75, 3.05) is 16.6 Å². The van der Waals surface area contributed by atoms with Gasteiger partial charge in [-0.25, -0.2) is 0 Å².